The van der Waals surface area contributed by atoms with E-state index in [1.165, 1.54) is 10.9 Å². The van der Waals surface area contributed by atoms with E-state index in [4.69, 9.17) is 22.2 Å². The molecule has 1 heterocycles. The Hall–Kier alpha value is -2.84. The Balaban J connectivity index is 1.88. The fourth-order valence-electron chi connectivity index (χ4n) is 1.95. The SMILES string of the molecule is NNC(=O)COc1ccc(-n2nc3ccc(Cl)cc3n2)c(O)c1. The van der Waals surface area contributed by atoms with Gasteiger partial charge in [0.1, 0.15) is 28.2 Å². The molecule has 0 aliphatic heterocycles. The molecule has 0 bridgehead atoms. The summed E-state index contributed by atoms with van der Waals surface area (Å²) in [6.07, 6.45) is 0. The third-order valence-electron chi connectivity index (χ3n) is 3.04. The van der Waals surface area contributed by atoms with Crippen molar-refractivity contribution >= 4 is 28.5 Å². The summed E-state index contributed by atoms with van der Waals surface area (Å²) in [6, 6.07) is 9.65. The van der Waals surface area contributed by atoms with E-state index in [0.29, 0.717) is 27.5 Å². The van der Waals surface area contributed by atoms with Crippen LogP contribution in [0.2, 0.25) is 5.02 Å². The molecule has 0 radical (unpaired) electrons. The fourth-order valence-corrected chi connectivity index (χ4v) is 2.11. The van der Waals surface area contributed by atoms with Gasteiger partial charge in [-0.25, -0.2) is 5.84 Å². The van der Waals surface area contributed by atoms with Crippen molar-refractivity contribution in [1.29, 1.82) is 0 Å². The van der Waals surface area contributed by atoms with Crippen LogP contribution < -0.4 is 16.0 Å². The number of carbonyl (C=O) groups excluding carboxylic acids is 1. The first kappa shape index (κ1) is 15.1. The molecule has 23 heavy (non-hydrogen) atoms. The number of benzene rings is 2. The average molecular weight is 334 g/mol. The molecule has 8 nitrogen and oxygen atoms in total. The Bertz CT molecular complexity index is 880. The molecule has 0 saturated heterocycles. The summed E-state index contributed by atoms with van der Waals surface area (Å²) >= 11 is 5.91. The second-order valence-corrected chi connectivity index (χ2v) is 5.07. The van der Waals surface area contributed by atoms with E-state index in [0.717, 1.165) is 0 Å². The van der Waals surface area contributed by atoms with Crippen LogP contribution in [0.15, 0.2) is 36.4 Å². The van der Waals surface area contributed by atoms with Gasteiger partial charge < -0.3 is 9.84 Å². The van der Waals surface area contributed by atoms with E-state index in [9.17, 15) is 9.90 Å². The molecule has 2 aromatic carbocycles. The number of nitrogens with one attached hydrogen (secondary N) is 1. The van der Waals surface area contributed by atoms with Gasteiger partial charge in [0.15, 0.2) is 6.61 Å². The lowest BCUT2D eigenvalue weighted by Gasteiger charge is -2.07. The van der Waals surface area contributed by atoms with Gasteiger partial charge in [0.25, 0.3) is 5.91 Å². The van der Waals surface area contributed by atoms with Crippen LogP contribution in [0.3, 0.4) is 0 Å². The second kappa shape index (κ2) is 6.11. The molecular formula is C14H12ClN5O3. The molecule has 1 aromatic heterocycles. The highest BCUT2D eigenvalue weighted by Crippen LogP contribution is 2.27. The van der Waals surface area contributed by atoms with Gasteiger partial charge >= 0.3 is 0 Å². The minimum Gasteiger partial charge on any atom is -0.505 e. The van der Waals surface area contributed by atoms with Crippen LogP contribution in [-0.2, 0) is 4.79 Å². The third kappa shape index (κ3) is 3.17. The molecule has 3 rings (SSSR count). The standard InChI is InChI=1S/C14H12ClN5O3/c15-8-1-3-10-11(5-8)19-20(18-10)12-4-2-9(6-13(12)21)23-7-14(22)17-16/h1-6,21H,7,16H2,(H,17,22). The highest BCUT2D eigenvalue weighted by atomic mass is 35.5. The molecule has 0 aliphatic carbocycles. The maximum absolute atomic E-state index is 11.0. The maximum Gasteiger partial charge on any atom is 0.271 e. The summed E-state index contributed by atoms with van der Waals surface area (Å²) in [5.41, 5.74) is 3.57. The molecule has 3 aromatic rings. The number of carbonyl (C=O) groups is 1. The number of hydrazine groups is 1. The largest absolute Gasteiger partial charge is 0.505 e. The number of aromatic hydroxyl groups is 1. The fraction of sp³-hybridized carbons (Fsp3) is 0.0714. The van der Waals surface area contributed by atoms with E-state index >= 15 is 0 Å². The quantitative estimate of drug-likeness (QED) is 0.375. The predicted octanol–water partition coefficient (Wildman–Crippen LogP) is 1.15. The topological polar surface area (TPSA) is 115 Å². The van der Waals surface area contributed by atoms with Crippen molar-refractivity contribution in [2.45, 2.75) is 0 Å². The highest BCUT2D eigenvalue weighted by Gasteiger charge is 2.11. The van der Waals surface area contributed by atoms with Gasteiger partial charge in [-0.1, -0.05) is 11.6 Å². The number of amides is 1. The van der Waals surface area contributed by atoms with E-state index < -0.39 is 5.91 Å². The maximum atomic E-state index is 11.0. The molecule has 4 N–H and O–H groups in total. The Labute approximate surface area is 135 Å². The number of hydrogen-bond acceptors (Lipinski definition) is 6. The Morgan fingerprint density at radius 1 is 1.26 bits per heavy atom. The lowest BCUT2D eigenvalue weighted by atomic mass is 10.3. The number of nitrogens with two attached hydrogens (primary N) is 1. The van der Waals surface area contributed by atoms with Crippen LogP contribution in [0.25, 0.3) is 16.7 Å². The van der Waals surface area contributed by atoms with Crippen LogP contribution in [-0.4, -0.2) is 32.6 Å². The van der Waals surface area contributed by atoms with Crippen molar-refractivity contribution in [3.8, 4) is 17.2 Å². The summed E-state index contributed by atoms with van der Waals surface area (Å²) in [5, 5.41) is 19.2. The minimum absolute atomic E-state index is 0.0953. The number of halogens is 1. The molecule has 0 aliphatic rings. The Morgan fingerprint density at radius 3 is 2.78 bits per heavy atom. The van der Waals surface area contributed by atoms with Crippen LogP contribution in [0.1, 0.15) is 0 Å². The average Bonchev–Trinajstić information content (AvgIpc) is 2.95. The zero-order valence-electron chi connectivity index (χ0n) is 11.7. The first-order valence-corrected chi connectivity index (χ1v) is 6.93. The predicted molar refractivity (Wildman–Crippen MR) is 83.4 cm³/mol. The molecule has 0 atom stereocenters. The van der Waals surface area contributed by atoms with Crippen LogP contribution in [0, 0.1) is 0 Å². The normalized spacial score (nSPS) is 10.7. The molecule has 0 fully saturated rings. The van der Waals surface area contributed by atoms with Gasteiger partial charge in [0.05, 0.1) is 0 Å². The van der Waals surface area contributed by atoms with E-state index in [1.807, 2.05) is 5.43 Å². The van der Waals surface area contributed by atoms with Crippen LogP contribution >= 0.6 is 11.6 Å². The molecule has 9 heteroatoms. The molecule has 0 spiro atoms. The third-order valence-corrected chi connectivity index (χ3v) is 3.27. The van der Waals surface area contributed by atoms with Gasteiger partial charge in [-0.3, -0.25) is 10.2 Å². The molecule has 0 saturated carbocycles. The molecule has 1 amide bonds. The summed E-state index contributed by atoms with van der Waals surface area (Å²) in [4.78, 5) is 12.3. The Morgan fingerprint density at radius 2 is 2.04 bits per heavy atom. The van der Waals surface area contributed by atoms with Crippen molar-refractivity contribution in [2.24, 2.45) is 5.84 Å². The van der Waals surface area contributed by atoms with Crippen molar-refractivity contribution in [3.63, 3.8) is 0 Å². The summed E-state index contributed by atoms with van der Waals surface area (Å²) in [5.74, 6) is 4.69. The lowest BCUT2D eigenvalue weighted by Crippen LogP contribution is -2.34. The second-order valence-electron chi connectivity index (χ2n) is 4.63. The molecule has 0 unspecified atom stereocenters. The van der Waals surface area contributed by atoms with Crippen molar-refractivity contribution in [3.05, 3.63) is 41.4 Å². The zero-order chi connectivity index (χ0) is 16.4. The number of phenols is 1. The summed E-state index contributed by atoms with van der Waals surface area (Å²) in [7, 11) is 0. The number of aromatic nitrogens is 3. The number of phenolic OH excluding ortho intramolecular Hbond substituents is 1. The minimum atomic E-state index is -0.481. The van der Waals surface area contributed by atoms with Crippen molar-refractivity contribution < 1.29 is 14.6 Å². The smallest absolute Gasteiger partial charge is 0.271 e. The summed E-state index contributed by atoms with van der Waals surface area (Å²) in [6.45, 7) is -0.252. The summed E-state index contributed by atoms with van der Waals surface area (Å²) < 4.78 is 5.19. The van der Waals surface area contributed by atoms with Gasteiger partial charge in [-0.05, 0) is 30.3 Å². The Kier molecular flexibility index (Phi) is 4.00. The molecule has 118 valence electrons. The lowest BCUT2D eigenvalue weighted by molar-refractivity contribution is -0.123. The number of ether oxygens (including phenoxy) is 1. The van der Waals surface area contributed by atoms with Gasteiger partial charge in [0, 0.05) is 11.1 Å². The number of hydrogen-bond donors (Lipinski definition) is 3. The van der Waals surface area contributed by atoms with Gasteiger partial charge in [-0.15, -0.1) is 15.0 Å². The first-order chi connectivity index (χ1) is 11.1. The molecular weight excluding hydrogens is 322 g/mol. The van der Waals surface area contributed by atoms with Gasteiger partial charge in [-0.2, -0.15) is 0 Å². The number of rotatable bonds is 4. The first-order valence-electron chi connectivity index (χ1n) is 6.55. The van der Waals surface area contributed by atoms with E-state index in [-0.39, 0.29) is 12.4 Å². The van der Waals surface area contributed by atoms with Crippen LogP contribution in [0.5, 0.6) is 11.5 Å². The monoisotopic (exact) mass is 333 g/mol. The highest BCUT2D eigenvalue weighted by molar-refractivity contribution is 6.31. The van der Waals surface area contributed by atoms with Crippen LogP contribution in [0.4, 0.5) is 0 Å². The van der Waals surface area contributed by atoms with Crippen molar-refractivity contribution in [2.75, 3.05) is 6.61 Å². The van der Waals surface area contributed by atoms with E-state index in [1.54, 1.807) is 30.3 Å². The van der Waals surface area contributed by atoms with E-state index in [2.05, 4.69) is 10.2 Å². The number of fused-ring (bicyclic) bond motifs is 1. The van der Waals surface area contributed by atoms with Gasteiger partial charge in [0.2, 0.25) is 0 Å². The zero-order valence-corrected chi connectivity index (χ0v) is 12.5. The van der Waals surface area contributed by atoms with Crippen molar-refractivity contribution in [1.82, 2.24) is 20.4 Å². The number of nitrogens with zero attached hydrogens (tertiary/aromatic N) is 3.